The average Bonchev–Trinajstić information content (AvgIpc) is 2.79. The summed E-state index contributed by atoms with van der Waals surface area (Å²) in [6.07, 6.45) is 0. The van der Waals surface area contributed by atoms with Crippen LogP contribution >= 0.6 is 0 Å². The van der Waals surface area contributed by atoms with Crippen LogP contribution in [0, 0.1) is 0 Å². The van der Waals surface area contributed by atoms with Gasteiger partial charge >= 0.3 is 0 Å². The molecule has 0 saturated carbocycles. The van der Waals surface area contributed by atoms with Gasteiger partial charge in [-0.1, -0.05) is 24.3 Å². The fourth-order valence-corrected chi connectivity index (χ4v) is 4.20. The highest BCUT2D eigenvalue weighted by atomic mass is 16.2. The number of benzene rings is 2. The van der Waals surface area contributed by atoms with Gasteiger partial charge in [0.15, 0.2) is 0 Å². The van der Waals surface area contributed by atoms with Gasteiger partial charge in [-0.25, -0.2) is 0 Å². The predicted octanol–water partition coefficient (Wildman–Crippen LogP) is 1.32. The van der Waals surface area contributed by atoms with Crippen molar-refractivity contribution in [1.82, 2.24) is 15.1 Å². The largest absolute Gasteiger partial charge is 0.355 e. The molecule has 2 aliphatic heterocycles. The molecular weight excluding hydrogens is 394 g/mol. The molecule has 0 radical (unpaired) electrons. The minimum atomic E-state index is -0.186. The lowest BCUT2D eigenvalue weighted by Crippen LogP contribution is -2.52. The van der Waals surface area contributed by atoms with Crippen LogP contribution in [0.4, 0.5) is 11.4 Å². The van der Waals surface area contributed by atoms with Crippen LogP contribution in [0.15, 0.2) is 48.5 Å². The molecule has 1 unspecified atom stereocenters. The third-order valence-corrected chi connectivity index (χ3v) is 5.92. The molecule has 2 aliphatic rings. The Labute approximate surface area is 181 Å². The van der Waals surface area contributed by atoms with E-state index >= 15 is 0 Å². The van der Waals surface area contributed by atoms with Gasteiger partial charge in [0.2, 0.25) is 11.8 Å². The second-order valence-electron chi connectivity index (χ2n) is 7.98. The van der Waals surface area contributed by atoms with Gasteiger partial charge < -0.3 is 10.6 Å². The van der Waals surface area contributed by atoms with Crippen LogP contribution in [0.1, 0.15) is 22.0 Å². The molecule has 162 valence electrons. The number of carbonyl (C=O) groups excluding carboxylic acids is 3. The molecule has 0 spiro atoms. The van der Waals surface area contributed by atoms with E-state index in [9.17, 15) is 14.4 Å². The highest BCUT2D eigenvalue weighted by molar-refractivity contribution is 6.10. The topological polar surface area (TPSA) is 85.0 Å². The Bertz CT molecular complexity index is 1010. The number of amides is 3. The molecule has 31 heavy (non-hydrogen) atoms. The Kier molecular flexibility index (Phi) is 6.01. The van der Waals surface area contributed by atoms with Crippen LogP contribution in [-0.4, -0.2) is 74.3 Å². The highest BCUT2D eigenvalue weighted by Gasteiger charge is 2.31. The fraction of sp³-hybridized carbons (Fsp3) is 0.348. The van der Waals surface area contributed by atoms with E-state index in [1.54, 1.807) is 24.1 Å². The molecule has 1 fully saturated rings. The van der Waals surface area contributed by atoms with Gasteiger partial charge in [0.05, 0.1) is 17.9 Å². The summed E-state index contributed by atoms with van der Waals surface area (Å²) in [6.45, 7) is 2.50. The number of anilines is 2. The molecule has 1 saturated heterocycles. The summed E-state index contributed by atoms with van der Waals surface area (Å²) in [5, 5.41) is 5.48. The first-order chi connectivity index (χ1) is 15.0. The molecule has 0 bridgehead atoms. The summed E-state index contributed by atoms with van der Waals surface area (Å²) in [5.41, 5.74) is 3.06. The van der Waals surface area contributed by atoms with Gasteiger partial charge in [0.25, 0.3) is 5.91 Å². The molecule has 3 amide bonds. The van der Waals surface area contributed by atoms with E-state index in [-0.39, 0.29) is 36.9 Å². The molecule has 0 aliphatic carbocycles. The predicted molar refractivity (Wildman–Crippen MR) is 119 cm³/mol. The van der Waals surface area contributed by atoms with Crippen LogP contribution in [0.2, 0.25) is 0 Å². The lowest BCUT2D eigenvalue weighted by molar-refractivity contribution is -0.123. The number of piperazine rings is 1. The summed E-state index contributed by atoms with van der Waals surface area (Å²) in [6, 6.07) is 15.0. The first-order valence-electron chi connectivity index (χ1n) is 10.4. The van der Waals surface area contributed by atoms with Crippen molar-refractivity contribution in [3.8, 4) is 0 Å². The van der Waals surface area contributed by atoms with E-state index in [1.165, 1.54) is 0 Å². The van der Waals surface area contributed by atoms with Crippen molar-refractivity contribution in [3.63, 3.8) is 0 Å². The van der Waals surface area contributed by atoms with E-state index in [0.29, 0.717) is 17.8 Å². The third kappa shape index (κ3) is 4.45. The normalized spacial score (nSPS) is 19.5. The van der Waals surface area contributed by atoms with Crippen LogP contribution in [0.5, 0.6) is 0 Å². The smallest absolute Gasteiger partial charge is 0.251 e. The number of nitrogens with one attached hydrogen (secondary N) is 2. The Morgan fingerprint density at radius 2 is 1.94 bits per heavy atom. The average molecular weight is 422 g/mol. The van der Waals surface area contributed by atoms with E-state index in [4.69, 9.17) is 0 Å². The van der Waals surface area contributed by atoms with Crippen molar-refractivity contribution in [2.24, 2.45) is 0 Å². The Morgan fingerprint density at radius 1 is 1.13 bits per heavy atom. The Balaban J connectivity index is 1.49. The minimum Gasteiger partial charge on any atom is -0.355 e. The molecule has 8 heteroatoms. The van der Waals surface area contributed by atoms with Gasteiger partial charge in [-0.3, -0.25) is 29.1 Å². The van der Waals surface area contributed by atoms with E-state index in [2.05, 4.69) is 27.5 Å². The molecule has 2 aromatic rings. The maximum absolute atomic E-state index is 13.1. The second kappa shape index (κ2) is 8.87. The zero-order valence-electron chi connectivity index (χ0n) is 17.8. The summed E-state index contributed by atoms with van der Waals surface area (Å²) < 4.78 is 0. The maximum Gasteiger partial charge on any atom is 0.251 e. The van der Waals surface area contributed by atoms with Crippen molar-refractivity contribution < 1.29 is 14.4 Å². The van der Waals surface area contributed by atoms with Crippen molar-refractivity contribution >= 4 is 29.1 Å². The minimum absolute atomic E-state index is 0.0290. The number of carbonyl (C=O) groups is 3. The molecular formula is C23H27N5O3. The highest BCUT2D eigenvalue weighted by Crippen LogP contribution is 2.30. The van der Waals surface area contributed by atoms with E-state index in [0.717, 1.165) is 24.3 Å². The number of hydrogen-bond acceptors (Lipinski definition) is 5. The van der Waals surface area contributed by atoms with Crippen molar-refractivity contribution in [3.05, 3.63) is 59.7 Å². The fourth-order valence-electron chi connectivity index (χ4n) is 4.20. The van der Waals surface area contributed by atoms with Crippen molar-refractivity contribution in [1.29, 1.82) is 0 Å². The monoisotopic (exact) mass is 421 g/mol. The van der Waals surface area contributed by atoms with Crippen LogP contribution in [-0.2, 0) is 9.59 Å². The van der Waals surface area contributed by atoms with Gasteiger partial charge in [0.1, 0.15) is 6.54 Å². The second-order valence-corrected chi connectivity index (χ2v) is 7.98. The molecule has 2 aromatic carbocycles. The van der Waals surface area contributed by atoms with Crippen LogP contribution in [0.3, 0.4) is 0 Å². The van der Waals surface area contributed by atoms with Gasteiger partial charge in [-0.05, 0) is 36.9 Å². The lowest BCUT2D eigenvalue weighted by atomic mass is 10.00. The Morgan fingerprint density at radius 3 is 2.74 bits per heavy atom. The van der Waals surface area contributed by atoms with Crippen LogP contribution in [0.25, 0.3) is 0 Å². The number of nitrogens with zero attached hydrogens (tertiary/aromatic N) is 3. The molecule has 1 atom stereocenters. The molecule has 4 rings (SSSR count). The van der Waals surface area contributed by atoms with Crippen LogP contribution < -0.4 is 15.5 Å². The quantitative estimate of drug-likeness (QED) is 0.778. The zero-order chi connectivity index (χ0) is 22.0. The van der Waals surface area contributed by atoms with Gasteiger partial charge in [-0.2, -0.15) is 0 Å². The summed E-state index contributed by atoms with van der Waals surface area (Å²) >= 11 is 0. The SMILES string of the molecule is CNC(=O)c1cccc(C2CN(CC(=O)N3CC(=O)Nc4ccccc43)CCN2C)c1. The third-order valence-electron chi connectivity index (χ3n) is 5.92. The van der Waals surface area contributed by atoms with E-state index < -0.39 is 0 Å². The first-order valence-corrected chi connectivity index (χ1v) is 10.4. The van der Waals surface area contributed by atoms with Gasteiger partial charge in [0, 0.05) is 38.3 Å². The number of likely N-dealkylation sites (N-methyl/N-ethyl adjacent to an activating group) is 1. The number of rotatable bonds is 4. The summed E-state index contributed by atoms with van der Waals surface area (Å²) in [7, 11) is 3.68. The molecule has 0 aromatic heterocycles. The lowest BCUT2D eigenvalue weighted by Gasteiger charge is -2.40. The van der Waals surface area contributed by atoms with Gasteiger partial charge in [-0.15, -0.1) is 0 Å². The maximum atomic E-state index is 13.1. The Hall–Kier alpha value is -3.23. The summed E-state index contributed by atoms with van der Waals surface area (Å²) in [4.78, 5) is 43.1. The van der Waals surface area contributed by atoms with Crippen molar-refractivity contribution in [2.45, 2.75) is 6.04 Å². The standard InChI is InChI=1S/C23H27N5O3/c1-24-23(31)17-7-5-6-16(12-17)20-13-27(11-10-26(20)2)15-22(30)28-14-21(29)25-18-8-3-4-9-19(18)28/h3-9,12,20H,10-11,13-15H2,1-2H3,(H,24,31)(H,25,29). The number of hydrogen-bond donors (Lipinski definition) is 2. The number of fused-ring (bicyclic) bond motifs is 1. The molecule has 8 nitrogen and oxygen atoms in total. The number of para-hydroxylation sites is 2. The zero-order valence-corrected chi connectivity index (χ0v) is 17.8. The van der Waals surface area contributed by atoms with E-state index in [1.807, 2.05) is 36.4 Å². The molecule has 2 N–H and O–H groups in total. The van der Waals surface area contributed by atoms with Crippen molar-refractivity contribution in [2.75, 3.05) is 57.0 Å². The summed E-state index contributed by atoms with van der Waals surface area (Å²) in [5.74, 6) is -0.395. The first kappa shape index (κ1) is 21.0. The molecule has 2 heterocycles.